The van der Waals surface area contributed by atoms with Crippen LogP contribution in [0.2, 0.25) is 0 Å². The molecular weight excluding hydrogens is 260 g/mol. The lowest BCUT2D eigenvalue weighted by atomic mass is 10.2. The lowest BCUT2D eigenvalue weighted by Gasteiger charge is -2.10. The smallest absolute Gasteiger partial charge is 0.226 e. The minimum absolute atomic E-state index is 0.104. The number of aryl methyl sites for hydroxylation is 1. The number of anilines is 1. The first-order valence-electron chi connectivity index (χ1n) is 6.07. The van der Waals surface area contributed by atoms with Gasteiger partial charge in [-0.3, -0.25) is 9.48 Å². The molecule has 7 nitrogen and oxygen atoms in total. The second-order valence-electron chi connectivity index (χ2n) is 4.03. The van der Waals surface area contributed by atoms with Crippen molar-refractivity contribution >= 4 is 11.6 Å². The van der Waals surface area contributed by atoms with Crippen LogP contribution >= 0.6 is 0 Å². The monoisotopic (exact) mass is 276 g/mol. The van der Waals surface area contributed by atoms with Crippen molar-refractivity contribution in [1.29, 1.82) is 0 Å². The minimum atomic E-state index is -0.104. The third-order valence-corrected chi connectivity index (χ3v) is 2.70. The maximum Gasteiger partial charge on any atom is 0.226 e. The zero-order chi connectivity index (χ0) is 14.4. The van der Waals surface area contributed by atoms with Crippen LogP contribution in [0.3, 0.4) is 0 Å². The third-order valence-electron chi connectivity index (χ3n) is 2.70. The lowest BCUT2D eigenvalue weighted by molar-refractivity contribution is -0.116. The van der Waals surface area contributed by atoms with E-state index in [-0.39, 0.29) is 5.91 Å². The van der Waals surface area contributed by atoms with Crippen LogP contribution in [0.15, 0.2) is 30.9 Å². The van der Waals surface area contributed by atoms with Crippen molar-refractivity contribution in [2.45, 2.75) is 13.0 Å². The van der Waals surface area contributed by atoms with E-state index in [2.05, 4.69) is 15.4 Å². The molecule has 0 spiro atoms. The standard InChI is InChI=1S/C13H16N4O3/c1-19-11-4-3-10(7-12(11)20-2)16-13(18)5-6-17-9-14-8-15-17/h3-4,7-9H,5-6H2,1-2H3,(H,16,18). The van der Waals surface area contributed by atoms with Crippen LogP contribution < -0.4 is 14.8 Å². The first-order chi connectivity index (χ1) is 9.72. The minimum Gasteiger partial charge on any atom is -0.493 e. The largest absolute Gasteiger partial charge is 0.493 e. The van der Waals surface area contributed by atoms with Crippen molar-refractivity contribution in [3.8, 4) is 11.5 Å². The normalized spacial score (nSPS) is 10.1. The number of rotatable bonds is 6. The Hall–Kier alpha value is -2.57. The first kappa shape index (κ1) is 13.9. The van der Waals surface area contributed by atoms with Gasteiger partial charge in [-0.05, 0) is 12.1 Å². The average molecular weight is 276 g/mol. The first-order valence-corrected chi connectivity index (χ1v) is 6.07. The molecule has 1 N–H and O–H groups in total. The Kier molecular flexibility index (Phi) is 4.54. The number of hydrogen-bond donors (Lipinski definition) is 1. The van der Waals surface area contributed by atoms with Gasteiger partial charge < -0.3 is 14.8 Å². The highest BCUT2D eigenvalue weighted by Gasteiger charge is 2.07. The summed E-state index contributed by atoms with van der Waals surface area (Å²) in [5.41, 5.74) is 0.659. The number of nitrogens with one attached hydrogen (secondary N) is 1. The highest BCUT2D eigenvalue weighted by atomic mass is 16.5. The van der Waals surface area contributed by atoms with Crippen LogP contribution in [0.25, 0.3) is 0 Å². The summed E-state index contributed by atoms with van der Waals surface area (Å²) < 4.78 is 11.9. The number of carbonyl (C=O) groups excluding carboxylic acids is 1. The second kappa shape index (κ2) is 6.55. The van der Waals surface area contributed by atoms with Crippen molar-refractivity contribution in [1.82, 2.24) is 14.8 Å². The molecule has 0 saturated carbocycles. The van der Waals surface area contributed by atoms with Gasteiger partial charge in [0, 0.05) is 18.2 Å². The third kappa shape index (κ3) is 3.47. The maximum atomic E-state index is 11.8. The van der Waals surface area contributed by atoms with E-state index >= 15 is 0 Å². The summed E-state index contributed by atoms with van der Waals surface area (Å²) in [6.45, 7) is 0.485. The van der Waals surface area contributed by atoms with Gasteiger partial charge in [0.25, 0.3) is 0 Å². The highest BCUT2D eigenvalue weighted by molar-refractivity contribution is 5.91. The van der Waals surface area contributed by atoms with E-state index in [0.717, 1.165) is 0 Å². The number of ether oxygens (including phenoxy) is 2. The fourth-order valence-electron chi connectivity index (χ4n) is 1.70. The number of amides is 1. The molecule has 0 aliphatic heterocycles. The molecule has 0 radical (unpaired) electrons. The fourth-order valence-corrected chi connectivity index (χ4v) is 1.70. The van der Waals surface area contributed by atoms with Gasteiger partial charge in [-0.25, -0.2) is 4.98 Å². The number of benzene rings is 1. The van der Waals surface area contributed by atoms with Crippen molar-refractivity contribution in [2.75, 3.05) is 19.5 Å². The molecule has 0 aliphatic carbocycles. The highest BCUT2D eigenvalue weighted by Crippen LogP contribution is 2.29. The topological polar surface area (TPSA) is 78.3 Å². The molecule has 1 aromatic heterocycles. The van der Waals surface area contributed by atoms with Crippen LogP contribution in [0.1, 0.15) is 6.42 Å². The van der Waals surface area contributed by atoms with Crippen LogP contribution in [-0.4, -0.2) is 34.9 Å². The molecule has 1 aromatic carbocycles. The Balaban J connectivity index is 1.93. The SMILES string of the molecule is COc1ccc(NC(=O)CCn2cncn2)cc1OC. The molecule has 0 saturated heterocycles. The number of nitrogens with zero attached hydrogens (tertiary/aromatic N) is 3. The summed E-state index contributed by atoms with van der Waals surface area (Å²) >= 11 is 0. The fraction of sp³-hybridized carbons (Fsp3) is 0.308. The predicted molar refractivity (Wildman–Crippen MR) is 72.8 cm³/mol. The van der Waals surface area contributed by atoms with E-state index < -0.39 is 0 Å². The molecule has 1 heterocycles. The number of carbonyl (C=O) groups is 1. The van der Waals surface area contributed by atoms with Gasteiger partial charge in [0.05, 0.1) is 20.8 Å². The summed E-state index contributed by atoms with van der Waals surface area (Å²) in [5, 5.41) is 6.73. The molecule has 0 bridgehead atoms. The summed E-state index contributed by atoms with van der Waals surface area (Å²) in [6, 6.07) is 5.22. The second-order valence-corrected chi connectivity index (χ2v) is 4.03. The lowest BCUT2D eigenvalue weighted by Crippen LogP contribution is -2.14. The predicted octanol–water partition coefficient (Wildman–Crippen LogP) is 1.32. The Morgan fingerprint density at radius 1 is 1.30 bits per heavy atom. The van der Waals surface area contributed by atoms with Gasteiger partial charge in [-0.2, -0.15) is 5.10 Å². The van der Waals surface area contributed by atoms with E-state index in [1.165, 1.54) is 6.33 Å². The molecule has 2 aromatic rings. The number of aromatic nitrogens is 3. The van der Waals surface area contributed by atoms with Crippen LogP contribution in [0, 0.1) is 0 Å². The summed E-state index contributed by atoms with van der Waals surface area (Å²) in [5.74, 6) is 1.09. The maximum absolute atomic E-state index is 11.8. The van der Waals surface area contributed by atoms with E-state index in [4.69, 9.17) is 9.47 Å². The number of methoxy groups -OCH3 is 2. The van der Waals surface area contributed by atoms with Gasteiger partial charge in [0.1, 0.15) is 12.7 Å². The quantitative estimate of drug-likeness (QED) is 0.861. The number of hydrogen-bond acceptors (Lipinski definition) is 5. The van der Waals surface area contributed by atoms with Gasteiger partial charge in [-0.15, -0.1) is 0 Å². The molecule has 0 aliphatic rings. The van der Waals surface area contributed by atoms with E-state index in [1.807, 2.05) is 0 Å². The Bertz CT molecular complexity index is 569. The summed E-state index contributed by atoms with van der Waals surface area (Å²) in [6.07, 6.45) is 3.33. The Morgan fingerprint density at radius 3 is 2.75 bits per heavy atom. The van der Waals surface area contributed by atoms with E-state index in [9.17, 15) is 4.79 Å². The van der Waals surface area contributed by atoms with Crippen molar-refractivity contribution in [2.24, 2.45) is 0 Å². The van der Waals surface area contributed by atoms with Crippen molar-refractivity contribution in [3.05, 3.63) is 30.9 Å². The van der Waals surface area contributed by atoms with E-state index in [1.54, 1.807) is 43.4 Å². The van der Waals surface area contributed by atoms with Crippen molar-refractivity contribution < 1.29 is 14.3 Å². The van der Waals surface area contributed by atoms with Crippen LogP contribution in [0.4, 0.5) is 5.69 Å². The van der Waals surface area contributed by atoms with Gasteiger partial charge in [-0.1, -0.05) is 0 Å². The van der Waals surface area contributed by atoms with Crippen molar-refractivity contribution in [3.63, 3.8) is 0 Å². The van der Waals surface area contributed by atoms with Gasteiger partial charge in [0.15, 0.2) is 11.5 Å². The molecule has 106 valence electrons. The zero-order valence-electron chi connectivity index (χ0n) is 11.4. The molecule has 2 rings (SSSR count). The molecule has 7 heteroatoms. The average Bonchev–Trinajstić information content (AvgIpc) is 2.98. The molecule has 1 amide bonds. The summed E-state index contributed by atoms with van der Waals surface area (Å²) in [4.78, 5) is 15.6. The van der Waals surface area contributed by atoms with Gasteiger partial charge in [0.2, 0.25) is 5.91 Å². The summed E-state index contributed by atoms with van der Waals surface area (Å²) in [7, 11) is 3.11. The van der Waals surface area contributed by atoms with Crippen LogP contribution in [-0.2, 0) is 11.3 Å². The Labute approximate surface area is 116 Å². The Morgan fingerprint density at radius 2 is 2.10 bits per heavy atom. The molecular formula is C13H16N4O3. The molecule has 0 atom stereocenters. The molecule has 20 heavy (non-hydrogen) atoms. The van der Waals surface area contributed by atoms with Gasteiger partial charge >= 0.3 is 0 Å². The van der Waals surface area contributed by atoms with Crippen LogP contribution in [0.5, 0.6) is 11.5 Å². The molecule has 0 fully saturated rings. The zero-order valence-corrected chi connectivity index (χ0v) is 11.4. The molecule has 0 unspecified atom stereocenters. The van der Waals surface area contributed by atoms with E-state index in [0.29, 0.717) is 30.2 Å².